The van der Waals surface area contributed by atoms with Crippen LogP contribution in [0.25, 0.3) is 0 Å². The smallest absolute Gasteiger partial charge is 0.119 e. The van der Waals surface area contributed by atoms with Gasteiger partial charge >= 0.3 is 0 Å². The summed E-state index contributed by atoms with van der Waals surface area (Å²) in [6, 6.07) is 7.78. The molecule has 0 aliphatic carbocycles. The fourth-order valence-electron chi connectivity index (χ4n) is 3.24. The lowest BCUT2D eigenvalue weighted by atomic mass is 10.1. The Morgan fingerprint density at radius 3 is 2.38 bits per heavy atom. The monoisotopic (exact) mass is 291 g/mol. The fourth-order valence-corrected chi connectivity index (χ4v) is 3.24. The molecule has 2 saturated heterocycles. The fraction of sp³-hybridized carbons (Fsp3) is 0.647. The summed E-state index contributed by atoms with van der Waals surface area (Å²) < 4.78 is 11.5. The first-order valence-corrected chi connectivity index (χ1v) is 7.92. The number of aliphatic hydroxyl groups is 1. The van der Waals surface area contributed by atoms with E-state index >= 15 is 0 Å². The lowest BCUT2D eigenvalue weighted by Crippen LogP contribution is -2.44. The van der Waals surface area contributed by atoms with E-state index in [1.165, 1.54) is 12.8 Å². The van der Waals surface area contributed by atoms with Crippen molar-refractivity contribution < 1.29 is 14.6 Å². The van der Waals surface area contributed by atoms with Gasteiger partial charge in [-0.3, -0.25) is 4.90 Å². The maximum atomic E-state index is 10.4. The van der Waals surface area contributed by atoms with E-state index in [0.29, 0.717) is 18.8 Å². The van der Waals surface area contributed by atoms with Crippen molar-refractivity contribution in [3.8, 4) is 5.75 Å². The summed E-state index contributed by atoms with van der Waals surface area (Å²) in [4.78, 5) is 2.33. The minimum Gasteiger partial charge on any atom is -0.491 e. The Morgan fingerprint density at radius 1 is 1.19 bits per heavy atom. The Hall–Kier alpha value is -1.10. The quantitative estimate of drug-likeness (QED) is 0.904. The van der Waals surface area contributed by atoms with Crippen LogP contribution < -0.4 is 4.74 Å². The summed E-state index contributed by atoms with van der Waals surface area (Å²) >= 11 is 0. The van der Waals surface area contributed by atoms with Gasteiger partial charge < -0.3 is 14.6 Å². The molecule has 2 heterocycles. The molecule has 2 aliphatic heterocycles. The summed E-state index contributed by atoms with van der Waals surface area (Å²) in [6.45, 7) is 6.59. The third kappa shape index (κ3) is 3.76. The largest absolute Gasteiger partial charge is 0.491 e. The molecule has 0 saturated carbocycles. The number of β-amino-alcohol motifs (C(OH)–C–C–N with tert-alkyl or cyclic N) is 1. The average molecular weight is 291 g/mol. The van der Waals surface area contributed by atoms with Crippen LogP contribution in [0.5, 0.6) is 5.75 Å². The highest BCUT2D eigenvalue weighted by molar-refractivity contribution is 5.28. The molecule has 2 fully saturated rings. The maximum absolute atomic E-state index is 10.4. The molecule has 3 atom stereocenters. The van der Waals surface area contributed by atoms with Crippen LogP contribution in [0.3, 0.4) is 0 Å². The maximum Gasteiger partial charge on any atom is 0.119 e. The molecule has 1 aromatic rings. The Bertz CT molecular complexity index is 448. The zero-order valence-corrected chi connectivity index (χ0v) is 12.9. The molecule has 3 rings (SSSR count). The first-order valence-electron chi connectivity index (χ1n) is 7.92. The van der Waals surface area contributed by atoms with E-state index in [1.807, 2.05) is 38.1 Å². The summed E-state index contributed by atoms with van der Waals surface area (Å²) in [5, 5.41) is 10.4. The number of nitrogens with zero attached hydrogens (tertiary/aromatic N) is 1. The molecule has 0 aromatic heterocycles. The minimum absolute atomic E-state index is 0.171. The van der Waals surface area contributed by atoms with Crippen molar-refractivity contribution >= 4 is 0 Å². The van der Waals surface area contributed by atoms with Gasteiger partial charge in [-0.25, -0.2) is 0 Å². The van der Waals surface area contributed by atoms with Crippen LogP contribution in [0.2, 0.25) is 0 Å². The second kappa shape index (κ2) is 6.34. The van der Waals surface area contributed by atoms with Crippen molar-refractivity contribution in [3.63, 3.8) is 0 Å². The number of morpholine rings is 1. The van der Waals surface area contributed by atoms with Crippen LogP contribution in [0.4, 0.5) is 0 Å². The summed E-state index contributed by atoms with van der Waals surface area (Å²) in [5.41, 5.74) is 0.949. The highest BCUT2D eigenvalue weighted by Gasteiger charge is 2.34. The van der Waals surface area contributed by atoms with Gasteiger partial charge in [-0.05, 0) is 44.4 Å². The van der Waals surface area contributed by atoms with E-state index in [0.717, 1.165) is 24.4 Å². The van der Waals surface area contributed by atoms with Gasteiger partial charge in [0.1, 0.15) is 5.75 Å². The Balaban J connectivity index is 1.56. The third-order valence-corrected chi connectivity index (χ3v) is 4.19. The van der Waals surface area contributed by atoms with Crippen molar-refractivity contribution in [3.05, 3.63) is 29.8 Å². The molecular formula is C17H25NO3. The number of ether oxygens (including phenoxy) is 2. The van der Waals surface area contributed by atoms with Gasteiger partial charge in [-0.2, -0.15) is 0 Å². The summed E-state index contributed by atoms with van der Waals surface area (Å²) in [6.07, 6.45) is 2.80. The topological polar surface area (TPSA) is 41.9 Å². The molecule has 3 unspecified atom stereocenters. The van der Waals surface area contributed by atoms with E-state index in [1.54, 1.807) is 0 Å². The molecule has 4 heteroatoms. The molecule has 0 radical (unpaired) electrons. The van der Waals surface area contributed by atoms with Crippen molar-refractivity contribution in [1.82, 2.24) is 4.90 Å². The molecule has 0 spiro atoms. The number of fused-ring (bicyclic) bond motifs is 2. The van der Waals surface area contributed by atoms with Gasteiger partial charge in [0, 0.05) is 19.6 Å². The van der Waals surface area contributed by atoms with Crippen LogP contribution in [0.15, 0.2) is 24.3 Å². The summed E-state index contributed by atoms with van der Waals surface area (Å²) in [7, 11) is 0. The van der Waals surface area contributed by atoms with Crippen molar-refractivity contribution in [1.29, 1.82) is 0 Å². The molecule has 1 N–H and O–H groups in total. The molecule has 21 heavy (non-hydrogen) atoms. The van der Waals surface area contributed by atoms with E-state index in [-0.39, 0.29) is 6.10 Å². The lowest BCUT2D eigenvalue weighted by molar-refractivity contribution is -0.0497. The SMILES string of the molecule is CC(C)Oc1ccc(C(O)CN2CC3CCC(C2)O3)cc1. The molecule has 0 amide bonds. The van der Waals surface area contributed by atoms with Crippen molar-refractivity contribution in [2.24, 2.45) is 0 Å². The predicted octanol–water partition coefficient (Wildman–Crippen LogP) is 2.37. The van der Waals surface area contributed by atoms with Crippen molar-refractivity contribution in [2.75, 3.05) is 19.6 Å². The van der Waals surface area contributed by atoms with Crippen LogP contribution in [-0.4, -0.2) is 48.0 Å². The normalized spacial score (nSPS) is 27.0. The highest BCUT2D eigenvalue weighted by atomic mass is 16.5. The van der Waals surface area contributed by atoms with Crippen LogP contribution in [-0.2, 0) is 4.74 Å². The zero-order valence-electron chi connectivity index (χ0n) is 12.9. The van der Waals surface area contributed by atoms with E-state index < -0.39 is 6.10 Å². The van der Waals surface area contributed by atoms with Gasteiger partial charge in [-0.1, -0.05) is 12.1 Å². The Labute approximate surface area is 126 Å². The number of hydrogen-bond acceptors (Lipinski definition) is 4. The van der Waals surface area contributed by atoms with E-state index in [9.17, 15) is 5.11 Å². The number of hydrogen-bond donors (Lipinski definition) is 1. The van der Waals surface area contributed by atoms with Crippen LogP contribution >= 0.6 is 0 Å². The zero-order chi connectivity index (χ0) is 14.8. The van der Waals surface area contributed by atoms with E-state index in [4.69, 9.17) is 9.47 Å². The second-order valence-corrected chi connectivity index (χ2v) is 6.43. The first kappa shape index (κ1) is 14.8. The number of benzene rings is 1. The lowest BCUT2D eigenvalue weighted by Gasteiger charge is -2.33. The van der Waals surface area contributed by atoms with Gasteiger partial charge in [-0.15, -0.1) is 0 Å². The predicted molar refractivity (Wildman–Crippen MR) is 81.5 cm³/mol. The number of aliphatic hydroxyl groups excluding tert-OH is 1. The molecule has 4 nitrogen and oxygen atoms in total. The van der Waals surface area contributed by atoms with Crippen LogP contribution in [0.1, 0.15) is 38.4 Å². The molecule has 2 bridgehead atoms. The third-order valence-electron chi connectivity index (χ3n) is 4.19. The number of rotatable bonds is 5. The number of likely N-dealkylation sites (tertiary alicyclic amines) is 1. The molecule has 116 valence electrons. The molecule has 2 aliphatic rings. The van der Waals surface area contributed by atoms with Gasteiger partial charge in [0.15, 0.2) is 0 Å². The Kier molecular flexibility index (Phi) is 4.48. The molecular weight excluding hydrogens is 266 g/mol. The summed E-state index contributed by atoms with van der Waals surface area (Å²) in [5.74, 6) is 0.852. The minimum atomic E-state index is -0.449. The average Bonchev–Trinajstić information content (AvgIpc) is 2.78. The Morgan fingerprint density at radius 2 is 1.81 bits per heavy atom. The van der Waals surface area contributed by atoms with Gasteiger partial charge in [0.25, 0.3) is 0 Å². The van der Waals surface area contributed by atoms with E-state index in [2.05, 4.69) is 4.90 Å². The first-order chi connectivity index (χ1) is 10.1. The van der Waals surface area contributed by atoms with Gasteiger partial charge in [0.2, 0.25) is 0 Å². The van der Waals surface area contributed by atoms with Crippen LogP contribution in [0, 0.1) is 0 Å². The van der Waals surface area contributed by atoms with Gasteiger partial charge in [0.05, 0.1) is 24.4 Å². The van der Waals surface area contributed by atoms with Crippen molar-refractivity contribution in [2.45, 2.75) is 51.1 Å². The standard InChI is InChI=1S/C17H25NO3/c1-12(2)20-14-5-3-13(4-6-14)17(19)11-18-9-15-7-8-16(10-18)21-15/h3-6,12,15-17,19H,7-11H2,1-2H3. The second-order valence-electron chi connectivity index (χ2n) is 6.43. The highest BCUT2D eigenvalue weighted by Crippen LogP contribution is 2.28. The molecule has 1 aromatic carbocycles.